The molecule has 0 bridgehead atoms. The van der Waals surface area contributed by atoms with E-state index in [2.05, 4.69) is 31.0 Å². The summed E-state index contributed by atoms with van der Waals surface area (Å²) in [6.07, 6.45) is 1.61. The molecule has 0 spiro atoms. The number of methoxy groups -OCH3 is 1. The fourth-order valence-electron chi connectivity index (χ4n) is 1.57. The number of anilines is 1. The monoisotopic (exact) mass is 340 g/mol. The second-order valence-electron chi connectivity index (χ2n) is 3.87. The van der Waals surface area contributed by atoms with E-state index in [1.54, 1.807) is 12.3 Å². The number of aromatic nitrogens is 1. The summed E-state index contributed by atoms with van der Waals surface area (Å²) in [6, 6.07) is 5.27. The Kier molecular flexibility index (Phi) is 4.19. The van der Waals surface area contributed by atoms with Crippen molar-refractivity contribution in [2.24, 2.45) is 0 Å². The molecule has 2 N–H and O–H groups in total. The Morgan fingerprint density at radius 3 is 2.70 bits per heavy atom. The Balaban J connectivity index is 2.22. The quantitative estimate of drug-likeness (QED) is 0.844. The van der Waals surface area contributed by atoms with Gasteiger partial charge in [0.05, 0.1) is 12.7 Å². The molecule has 2 rings (SSSR count). The van der Waals surface area contributed by atoms with Gasteiger partial charge in [0.2, 0.25) is 0 Å². The summed E-state index contributed by atoms with van der Waals surface area (Å²) in [5.41, 5.74) is 0.390. The molecule has 1 heterocycles. The van der Waals surface area contributed by atoms with Crippen molar-refractivity contribution in [2.75, 3.05) is 12.4 Å². The standard InChI is InChI=1S/C13H10BrFN2O3/c1-20-13(19)9-5-8(2-3-10(9)15)17-12(18)11-4-7(14)6-16-11/h2-6,16H,1H3,(H,17,18). The van der Waals surface area contributed by atoms with Gasteiger partial charge in [-0.15, -0.1) is 0 Å². The van der Waals surface area contributed by atoms with Gasteiger partial charge in [0.1, 0.15) is 11.5 Å². The first-order valence-electron chi connectivity index (χ1n) is 5.54. The number of aromatic amines is 1. The molecule has 0 saturated heterocycles. The Hall–Kier alpha value is -2.15. The molecule has 0 radical (unpaired) electrons. The number of nitrogens with one attached hydrogen (secondary N) is 2. The molecule has 20 heavy (non-hydrogen) atoms. The van der Waals surface area contributed by atoms with E-state index in [9.17, 15) is 14.0 Å². The van der Waals surface area contributed by atoms with Crippen molar-refractivity contribution in [3.8, 4) is 0 Å². The lowest BCUT2D eigenvalue weighted by Crippen LogP contribution is -2.13. The molecule has 2 aromatic rings. The Labute approximate surface area is 122 Å². The maximum Gasteiger partial charge on any atom is 0.340 e. The Morgan fingerprint density at radius 1 is 1.35 bits per heavy atom. The summed E-state index contributed by atoms with van der Waals surface area (Å²) in [5, 5.41) is 2.55. The third-order valence-corrected chi connectivity index (χ3v) is 2.98. The lowest BCUT2D eigenvalue weighted by atomic mass is 10.2. The molecule has 0 aliphatic rings. The van der Waals surface area contributed by atoms with E-state index in [1.807, 2.05) is 0 Å². The number of halogens is 2. The minimum absolute atomic E-state index is 0.238. The van der Waals surface area contributed by atoms with Gasteiger partial charge in [-0.25, -0.2) is 9.18 Å². The number of rotatable bonds is 3. The molecule has 7 heteroatoms. The van der Waals surface area contributed by atoms with E-state index in [0.29, 0.717) is 11.4 Å². The smallest absolute Gasteiger partial charge is 0.340 e. The number of hydrogen-bond donors (Lipinski definition) is 2. The number of carbonyl (C=O) groups is 2. The van der Waals surface area contributed by atoms with Gasteiger partial charge in [-0.05, 0) is 40.2 Å². The highest BCUT2D eigenvalue weighted by Crippen LogP contribution is 2.17. The van der Waals surface area contributed by atoms with Gasteiger partial charge in [0.15, 0.2) is 0 Å². The molecule has 0 saturated carbocycles. The fourth-order valence-corrected chi connectivity index (χ4v) is 1.91. The highest BCUT2D eigenvalue weighted by Gasteiger charge is 2.14. The lowest BCUT2D eigenvalue weighted by molar-refractivity contribution is 0.0595. The minimum atomic E-state index is -0.804. The number of carbonyl (C=O) groups excluding carboxylic acids is 2. The first kappa shape index (κ1) is 14.3. The summed E-state index contributed by atoms with van der Waals surface area (Å²) in [6.45, 7) is 0. The Bertz CT molecular complexity index is 669. The second kappa shape index (κ2) is 5.87. The lowest BCUT2D eigenvalue weighted by Gasteiger charge is -2.06. The van der Waals surface area contributed by atoms with Crippen LogP contribution < -0.4 is 5.32 Å². The van der Waals surface area contributed by atoms with Crippen LogP contribution in [0, 0.1) is 5.82 Å². The molecular weight excluding hydrogens is 331 g/mol. The minimum Gasteiger partial charge on any atom is -0.465 e. The summed E-state index contributed by atoms with van der Waals surface area (Å²) < 4.78 is 18.6. The zero-order valence-electron chi connectivity index (χ0n) is 10.4. The van der Waals surface area contributed by atoms with E-state index in [0.717, 1.165) is 17.6 Å². The van der Waals surface area contributed by atoms with Crippen LogP contribution in [0.15, 0.2) is 34.9 Å². The number of hydrogen-bond acceptors (Lipinski definition) is 3. The molecule has 1 amide bonds. The maximum absolute atomic E-state index is 13.4. The first-order chi connectivity index (χ1) is 9.51. The number of H-pyrrole nitrogens is 1. The molecule has 1 aromatic carbocycles. The number of esters is 1. The summed E-state index contributed by atoms with van der Waals surface area (Å²) in [5.74, 6) is -1.92. The molecule has 0 unspecified atom stereocenters. The zero-order valence-corrected chi connectivity index (χ0v) is 12.0. The number of ether oxygens (including phenoxy) is 1. The zero-order chi connectivity index (χ0) is 14.7. The van der Waals surface area contributed by atoms with E-state index in [-0.39, 0.29) is 5.56 Å². The van der Waals surface area contributed by atoms with Crippen LogP contribution in [-0.2, 0) is 4.74 Å². The van der Waals surface area contributed by atoms with Gasteiger partial charge < -0.3 is 15.0 Å². The third-order valence-electron chi connectivity index (χ3n) is 2.52. The van der Waals surface area contributed by atoms with Crippen molar-refractivity contribution in [1.82, 2.24) is 4.98 Å². The van der Waals surface area contributed by atoms with E-state index < -0.39 is 17.7 Å². The average Bonchev–Trinajstić information content (AvgIpc) is 2.87. The van der Waals surface area contributed by atoms with Crippen molar-refractivity contribution in [3.63, 3.8) is 0 Å². The van der Waals surface area contributed by atoms with Crippen molar-refractivity contribution in [2.45, 2.75) is 0 Å². The van der Waals surface area contributed by atoms with Crippen molar-refractivity contribution < 1.29 is 18.7 Å². The fraction of sp³-hybridized carbons (Fsp3) is 0.0769. The molecule has 0 atom stereocenters. The molecule has 104 valence electrons. The van der Waals surface area contributed by atoms with Gasteiger partial charge in [0, 0.05) is 16.4 Å². The van der Waals surface area contributed by atoms with Crippen LogP contribution in [0.1, 0.15) is 20.8 Å². The van der Waals surface area contributed by atoms with Gasteiger partial charge in [-0.3, -0.25) is 4.79 Å². The van der Waals surface area contributed by atoms with Crippen LogP contribution in [0.25, 0.3) is 0 Å². The van der Waals surface area contributed by atoms with Crippen LogP contribution in [0.2, 0.25) is 0 Å². The van der Waals surface area contributed by atoms with Crippen LogP contribution >= 0.6 is 15.9 Å². The Morgan fingerprint density at radius 2 is 2.10 bits per heavy atom. The molecule has 0 aliphatic heterocycles. The van der Waals surface area contributed by atoms with Crippen LogP contribution in [0.5, 0.6) is 0 Å². The van der Waals surface area contributed by atoms with E-state index in [1.165, 1.54) is 12.1 Å². The van der Waals surface area contributed by atoms with Crippen molar-refractivity contribution in [3.05, 3.63) is 52.0 Å². The molecule has 1 aromatic heterocycles. The van der Waals surface area contributed by atoms with Crippen LogP contribution in [-0.4, -0.2) is 24.0 Å². The van der Waals surface area contributed by atoms with Gasteiger partial charge in [0.25, 0.3) is 5.91 Å². The van der Waals surface area contributed by atoms with Crippen LogP contribution in [0.3, 0.4) is 0 Å². The first-order valence-corrected chi connectivity index (χ1v) is 6.33. The predicted octanol–water partition coefficient (Wildman–Crippen LogP) is 2.96. The van der Waals surface area contributed by atoms with Gasteiger partial charge in [-0.1, -0.05) is 0 Å². The van der Waals surface area contributed by atoms with Gasteiger partial charge in [-0.2, -0.15) is 0 Å². The van der Waals surface area contributed by atoms with Crippen molar-refractivity contribution >= 4 is 33.5 Å². The van der Waals surface area contributed by atoms with Crippen molar-refractivity contribution in [1.29, 1.82) is 0 Å². The molecular formula is C13H10BrFN2O3. The van der Waals surface area contributed by atoms with E-state index in [4.69, 9.17) is 0 Å². The van der Waals surface area contributed by atoms with Gasteiger partial charge >= 0.3 is 5.97 Å². The maximum atomic E-state index is 13.4. The normalized spacial score (nSPS) is 10.2. The van der Waals surface area contributed by atoms with Crippen LogP contribution in [0.4, 0.5) is 10.1 Å². The molecule has 0 aliphatic carbocycles. The third kappa shape index (κ3) is 3.05. The summed E-state index contributed by atoms with van der Waals surface area (Å²) >= 11 is 3.21. The molecule has 5 nitrogen and oxygen atoms in total. The van der Waals surface area contributed by atoms with E-state index >= 15 is 0 Å². The second-order valence-corrected chi connectivity index (χ2v) is 4.79. The topological polar surface area (TPSA) is 71.2 Å². The number of benzene rings is 1. The molecule has 0 fully saturated rings. The summed E-state index contributed by atoms with van der Waals surface area (Å²) in [7, 11) is 1.16. The largest absolute Gasteiger partial charge is 0.465 e. The predicted molar refractivity (Wildman–Crippen MR) is 74.2 cm³/mol. The highest BCUT2D eigenvalue weighted by atomic mass is 79.9. The SMILES string of the molecule is COC(=O)c1cc(NC(=O)c2cc(Br)c[nH]2)ccc1F. The number of amides is 1. The highest BCUT2D eigenvalue weighted by molar-refractivity contribution is 9.10. The summed E-state index contributed by atoms with van der Waals surface area (Å²) in [4.78, 5) is 26.0. The average molecular weight is 341 g/mol.